The molecular weight excluding hydrogens is 329 g/mol. The predicted molar refractivity (Wildman–Crippen MR) is 55.9 cm³/mol. The van der Waals surface area contributed by atoms with Gasteiger partial charge in [-0.2, -0.15) is 30.7 Å². The summed E-state index contributed by atoms with van der Waals surface area (Å²) in [6.45, 7) is -2.04. The Morgan fingerprint density at radius 2 is 1.59 bits per heavy atom. The van der Waals surface area contributed by atoms with E-state index in [1.807, 2.05) is 0 Å². The van der Waals surface area contributed by atoms with Crippen molar-refractivity contribution >= 4 is 5.97 Å². The van der Waals surface area contributed by atoms with E-state index in [0.717, 1.165) is 12.1 Å². The molecule has 11 heteroatoms. The molecular formula is C11H7F7O4. The minimum atomic E-state index is -6.34. The van der Waals surface area contributed by atoms with Crippen LogP contribution in [-0.2, 0) is 4.74 Å². The van der Waals surface area contributed by atoms with Gasteiger partial charge in [0.05, 0.1) is 0 Å². The molecule has 0 heterocycles. The van der Waals surface area contributed by atoms with Gasteiger partial charge < -0.3 is 9.84 Å². The van der Waals surface area contributed by atoms with Crippen molar-refractivity contribution in [2.75, 3.05) is 6.61 Å². The lowest BCUT2D eigenvalue weighted by atomic mass is 10.2. The molecule has 1 rings (SSSR count). The fraction of sp³-hybridized carbons (Fsp3) is 0.364. The zero-order valence-corrected chi connectivity index (χ0v) is 10.3. The minimum Gasteiger partial charge on any atom is -0.484 e. The molecule has 0 amide bonds. The summed E-state index contributed by atoms with van der Waals surface area (Å²) in [4.78, 5) is 10.7. The summed E-state index contributed by atoms with van der Waals surface area (Å²) in [5.41, 5.74) is -0.583. The zero-order chi connectivity index (χ0) is 17.2. The summed E-state index contributed by atoms with van der Waals surface area (Å²) in [6, 6.07) is 4.29. The second-order valence-corrected chi connectivity index (χ2v) is 3.84. The first-order valence-electron chi connectivity index (χ1n) is 5.33. The Balaban J connectivity index is 2.81. The van der Waals surface area contributed by atoms with E-state index in [2.05, 4.69) is 9.47 Å². The van der Waals surface area contributed by atoms with Crippen molar-refractivity contribution in [2.24, 2.45) is 0 Å². The van der Waals surface area contributed by atoms with E-state index in [-0.39, 0.29) is 0 Å². The van der Waals surface area contributed by atoms with E-state index in [1.54, 1.807) is 0 Å². The second kappa shape index (κ2) is 5.99. The molecule has 1 aromatic rings. The van der Waals surface area contributed by atoms with Crippen molar-refractivity contribution in [3.8, 4) is 5.75 Å². The van der Waals surface area contributed by atoms with Gasteiger partial charge in [0, 0.05) is 0 Å². The molecule has 0 saturated carbocycles. The van der Waals surface area contributed by atoms with Crippen LogP contribution in [0.5, 0.6) is 5.75 Å². The molecule has 0 unspecified atom stereocenters. The number of carboxylic acid groups (broad SMARTS) is 1. The maximum Gasteiger partial charge on any atom is 0.483 e. The van der Waals surface area contributed by atoms with Gasteiger partial charge in [-0.05, 0) is 12.1 Å². The van der Waals surface area contributed by atoms with Gasteiger partial charge in [-0.25, -0.2) is 9.53 Å². The molecule has 0 bridgehead atoms. The molecule has 0 aromatic heterocycles. The predicted octanol–water partition coefficient (Wildman–Crippen LogP) is 3.53. The first kappa shape index (κ1) is 18.0. The molecule has 0 spiro atoms. The molecule has 124 valence electrons. The number of benzene rings is 1. The minimum absolute atomic E-state index is 0.583. The van der Waals surface area contributed by atoms with E-state index in [1.165, 1.54) is 12.1 Å². The highest BCUT2D eigenvalue weighted by Gasteiger charge is 2.64. The molecule has 22 heavy (non-hydrogen) atoms. The number of hydrogen-bond donors (Lipinski definition) is 1. The topological polar surface area (TPSA) is 55.8 Å². The van der Waals surface area contributed by atoms with Crippen LogP contribution in [0.1, 0.15) is 10.4 Å². The Labute approximate surface area is 118 Å². The summed E-state index contributed by atoms with van der Waals surface area (Å²) in [5.74, 6) is -2.21. The van der Waals surface area contributed by atoms with Gasteiger partial charge in [0.1, 0.15) is 11.3 Å². The van der Waals surface area contributed by atoms with Crippen LogP contribution in [0, 0.1) is 0 Å². The maximum absolute atomic E-state index is 13.0. The fourth-order valence-electron chi connectivity index (χ4n) is 1.21. The van der Waals surface area contributed by atoms with Crippen molar-refractivity contribution in [2.45, 2.75) is 18.4 Å². The number of carboxylic acids is 1. The molecule has 0 fully saturated rings. The number of aromatic carboxylic acids is 1. The van der Waals surface area contributed by atoms with E-state index >= 15 is 0 Å². The molecule has 0 aliphatic rings. The van der Waals surface area contributed by atoms with Crippen LogP contribution in [0.3, 0.4) is 0 Å². The van der Waals surface area contributed by atoms with Crippen LogP contribution >= 0.6 is 0 Å². The highest BCUT2D eigenvalue weighted by Crippen LogP contribution is 2.40. The normalized spacial score (nSPS) is 13.0. The summed E-state index contributed by atoms with van der Waals surface area (Å²) < 4.78 is 92.8. The maximum atomic E-state index is 13.0. The van der Waals surface area contributed by atoms with Gasteiger partial charge >= 0.3 is 24.4 Å². The average molecular weight is 336 g/mol. The highest BCUT2D eigenvalue weighted by atomic mass is 19.4. The highest BCUT2D eigenvalue weighted by molar-refractivity contribution is 5.90. The van der Waals surface area contributed by atoms with Crippen LogP contribution in [-0.4, -0.2) is 36.1 Å². The lowest BCUT2D eigenvalue weighted by molar-refractivity contribution is -0.458. The molecule has 0 saturated heterocycles. The van der Waals surface area contributed by atoms with Gasteiger partial charge in [-0.1, -0.05) is 12.1 Å². The van der Waals surface area contributed by atoms with Gasteiger partial charge in [-0.3, -0.25) is 0 Å². The summed E-state index contributed by atoms with van der Waals surface area (Å²) in [6.07, 6.45) is -17.4. The lowest BCUT2D eigenvalue weighted by Gasteiger charge is -2.25. The summed E-state index contributed by atoms with van der Waals surface area (Å²) >= 11 is 0. The smallest absolute Gasteiger partial charge is 0.483 e. The van der Waals surface area contributed by atoms with Crippen molar-refractivity contribution in [1.29, 1.82) is 0 Å². The molecule has 0 aliphatic heterocycles. The monoisotopic (exact) mass is 336 g/mol. The molecule has 0 atom stereocenters. The van der Waals surface area contributed by atoms with Gasteiger partial charge in [-0.15, -0.1) is 0 Å². The largest absolute Gasteiger partial charge is 0.484 e. The van der Waals surface area contributed by atoms with Crippen LogP contribution in [0.4, 0.5) is 30.7 Å². The van der Waals surface area contributed by atoms with Crippen molar-refractivity contribution < 1.29 is 50.1 Å². The van der Waals surface area contributed by atoms with Gasteiger partial charge in [0.15, 0.2) is 6.61 Å². The standard InChI is InChI=1S/C11H7F7O4/c12-9(13,22-11(17,18)10(14,15)16)5-21-7-4-2-1-3-6(7)8(19)20/h1-4H,5H2,(H,19,20). The molecule has 4 nitrogen and oxygen atoms in total. The molecule has 0 aliphatic carbocycles. The van der Waals surface area contributed by atoms with Crippen molar-refractivity contribution in [3.63, 3.8) is 0 Å². The third-order valence-corrected chi connectivity index (χ3v) is 2.12. The fourth-order valence-corrected chi connectivity index (χ4v) is 1.21. The average Bonchev–Trinajstić information content (AvgIpc) is 2.34. The van der Waals surface area contributed by atoms with Crippen molar-refractivity contribution in [3.05, 3.63) is 29.8 Å². The van der Waals surface area contributed by atoms with Crippen LogP contribution < -0.4 is 4.74 Å². The van der Waals surface area contributed by atoms with Gasteiger partial charge in [0.25, 0.3) is 0 Å². The third kappa shape index (κ3) is 4.48. The van der Waals surface area contributed by atoms with Crippen molar-refractivity contribution in [1.82, 2.24) is 0 Å². The Morgan fingerprint density at radius 3 is 2.09 bits per heavy atom. The van der Waals surface area contributed by atoms with Crippen LogP contribution in [0.15, 0.2) is 24.3 Å². The number of halogens is 7. The molecule has 1 N–H and O–H groups in total. The van der Waals surface area contributed by atoms with Gasteiger partial charge in [0.2, 0.25) is 0 Å². The SMILES string of the molecule is O=C(O)c1ccccc1OCC(F)(F)OC(F)(F)C(F)(F)F. The number of ether oxygens (including phenoxy) is 2. The first-order valence-corrected chi connectivity index (χ1v) is 5.33. The number of para-hydroxylation sites is 1. The third-order valence-electron chi connectivity index (χ3n) is 2.12. The zero-order valence-electron chi connectivity index (χ0n) is 10.3. The number of carbonyl (C=O) groups is 1. The van der Waals surface area contributed by atoms with E-state index in [9.17, 15) is 35.5 Å². The van der Waals surface area contributed by atoms with E-state index in [4.69, 9.17) is 5.11 Å². The number of hydrogen-bond acceptors (Lipinski definition) is 3. The number of rotatable bonds is 6. The summed E-state index contributed by atoms with van der Waals surface area (Å²) in [5, 5.41) is 8.72. The Kier molecular flexibility index (Phi) is 4.90. The number of alkyl halides is 7. The van der Waals surface area contributed by atoms with Crippen LogP contribution in [0.25, 0.3) is 0 Å². The van der Waals surface area contributed by atoms with Crippen LogP contribution in [0.2, 0.25) is 0 Å². The second-order valence-electron chi connectivity index (χ2n) is 3.84. The lowest BCUT2D eigenvalue weighted by Crippen LogP contribution is -2.46. The van der Waals surface area contributed by atoms with E-state index in [0.29, 0.717) is 0 Å². The Bertz CT molecular complexity index is 541. The first-order chi connectivity index (χ1) is 9.86. The summed E-state index contributed by atoms with van der Waals surface area (Å²) in [7, 11) is 0. The Hall–Kier alpha value is -2.04. The quantitative estimate of drug-likeness (QED) is 0.808. The Morgan fingerprint density at radius 1 is 1.05 bits per heavy atom. The molecule has 0 radical (unpaired) electrons. The van der Waals surface area contributed by atoms with E-state index < -0.39 is 42.3 Å². The molecule has 1 aromatic carbocycles.